The summed E-state index contributed by atoms with van der Waals surface area (Å²) >= 11 is 0. The van der Waals surface area contributed by atoms with E-state index in [1.807, 2.05) is 42.5 Å². The van der Waals surface area contributed by atoms with Crippen LogP contribution in [0.2, 0.25) is 0 Å². The minimum Gasteiger partial charge on any atom is -0.493 e. The summed E-state index contributed by atoms with van der Waals surface area (Å²) in [7, 11) is 0. The Morgan fingerprint density at radius 1 is 1.00 bits per heavy atom. The van der Waals surface area contributed by atoms with Crippen molar-refractivity contribution in [2.24, 2.45) is 4.99 Å². The Morgan fingerprint density at radius 3 is 2.47 bits per heavy atom. The molecule has 0 atom stereocenters. The van der Waals surface area contributed by atoms with E-state index in [0.29, 0.717) is 18.7 Å². The molecule has 30 heavy (non-hydrogen) atoms. The highest BCUT2D eigenvalue weighted by Crippen LogP contribution is 2.20. The largest absolute Gasteiger partial charge is 0.493 e. The van der Waals surface area contributed by atoms with Crippen LogP contribution in [0.5, 0.6) is 5.75 Å². The molecule has 0 saturated carbocycles. The number of benzene rings is 2. The summed E-state index contributed by atoms with van der Waals surface area (Å²) in [5.41, 5.74) is 4.57. The minimum atomic E-state index is -0.0542. The number of ether oxygens (including phenoxy) is 1. The Kier molecular flexibility index (Phi) is 7.66. The molecule has 0 aliphatic heterocycles. The maximum absolute atomic E-state index is 13.2. The van der Waals surface area contributed by atoms with Crippen molar-refractivity contribution >= 4 is 11.9 Å². The molecule has 3 rings (SSSR count). The van der Waals surface area contributed by atoms with Crippen molar-refractivity contribution in [1.82, 2.24) is 9.78 Å². The Hall–Kier alpha value is -3.08. The fourth-order valence-electron chi connectivity index (χ4n) is 3.46. The van der Waals surface area contributed by atoms with E-state index in [4.69, 9.17) is 4.74 Å². The average molecular weight is 406 g/mol. The summed E-state index contributed by atoms with van der Waals surface area (Å²) < 4.78 is 7.52. The van der Waals surface area contributed by atoms with Gasteiger partial charge in [-0.1, -0.05) is 63.6 Å². The number of rotatable bonds is 10. The first-order valence-electron chi connectivity index (χ1n) is 10.8. The number of aromatic nitrogens is 2. The molecule has 5 heteroatoms. The number of H-pyrrole nitrogens is 1. The molecule has 1 heterocycles. The molecule has 0 fully saturated rings. The van der Waals surface area contributed by atoms with Crippen LogP contribution in [0.25, 0.3) is 0 Å². The van der Waals surface area contributed by atoms with Crippen LogP contribution in [0.4, 0.5) is 5.69 Å². The first kappa shape index (κ1) is 21.6. The van der Waals surface area contributed by atoms with Gasteiger partial charge in [0.05, 0.1) is 24.4 Å². The quantitative estimate of drug-likeness (QED) is 0.467. The molecule has 0 spiro atoms. The van der Waals surface area contributed by atoms with Crippen molar-refractivity contribution in [1.29, 1.82) is 0 Å². The fourth-order valence-corrected chi connectivity index (χ4v) is 3.46. The summed E-state index contributed by atoms with van der Waals surface area (Å²) in [5.74, 6) is 0.824. The zero-order valence-electron chi connectivity index (χ0n) is 18.1. The summed E-state index contributed by atoms with van der Waals surface area (Å²) in [4.78, 5) is 17.8. The maximum Gasteiger partial charge on any atom is 0.275 e. The predicted molar refractivity (Wildman–Crippen MR) is 123 cm³/mol. The van der Waals surface area contributed by atoms with Crippen molar-refractivity contribution in [2.45, 2.75) is 53.0 Å². The van der Waals surface area contributed by atoms with Crippen LogP contribution >= 0.6 is 0 Å². The maximum atomic E-state index is 13.2. The molecule has 5 nitrogen and oxygen atoms in total. The van der Waals surface area contributed by atoms with E-state index in [-0.39, 0.29) is 5.56 Å². The highest BCUT2D eigenvalue weighted by molar-refractivity contribution is 5.83. The van der Waals surface area contributed by atoms with Crippen LogP contribution in [0.15, 0.2) is 58.3 Å². The van der Waals surface area contributed by atoms with Crippen molar-refractivity contribution < 1.29 is 4.74 Å². The minimum absolute atomic E-state index is 0.0542. The van der Waals surface area contributed by atoms with E-state index in [2.05, 4.69) is 36.9 Å². The lowest BCUT2D eigenvalue weighted by molar-refractivity contribution is 0.313. The second kappa shape index (κ2) is 10.6. The van der Waals surface area contributed by atoms with Gasteiger partial charge in [-0.3, -0.25) is 14.9 Å². The zero-order valence-corrected chi connectivity index (χ0v) is 18.1. The van der Waals surface area contributed by atoms with Gasteiger partial charge in [-0.2, -0.15) is 0 Å². The number of nitrogens with zero attached hydrogens (tertiary/aromatic N) is 2. The average Bonchev–Trinajstić information content (AvgIpc) is 3.06. The molecule has 0 aliphatic carbocycles. The van der Waals surface area contributed by atoms with Crippen LogP contribution in [0.1, 0.15) is 56.0 Å². The van der Waals surface area contributed by atoms with Gasteiger partial charge in [-0.25, -0.2) is 4.68 Å². The molecule has 0 saturated heterocycles. The topological polar surface area (TPSA) is 59.4 Å². The molecule has 1 N–H and O–H groups in total. The van der Waals surface area contributed by atoms with Crippen LogP contribution < -0.4 is 10.3 Å². The second-order valence-electron chi connectivity index (χ2n) is 7.34. The summed E-state index contributed by atoms with van der Waals surface area (Å²) in [5, 5.41) is 3.31. The van der Waals surface area contributed by atoms with Gasteiger partial charge in [0.15, 0.2) is 0 Å². The van der Waals surface area contributed by atoms with Gasteiger partial charge in [-0.15, -0.1) is 0 Å². The van der Waals surface area contributed by atoms with Crippen molar-refractivity contribution in [2.75, 3.05) is 6.61 Å². The summed E-state index contributed by atoms with van der Waals surface area (Å²) in [6.45, 7) is 7.40. The van der Waals surface area contributed by atoms with Crippen molar-refractivity contribution in [3.63, 3.8) is 0 Å². The highest BCUT2D eigenvalue weighted by atomic mass is 16.5. The van der Waals surface area contributed by atoms with Crippen LogP contribution in [-0.2, 0) is 19.4 Å². The van der Waals surface area contributed by atoms with E-state index in [1.54, 1.807) is 10.9 Å². The van der Waals surface area contributed by atoms with Crippen LogP contribution in [0.3, 0.4) is 0 Å². The number of hydrogen-bond donors (Lipinski definition) is 1. The number of aliphatic imine (C=N–C) groups is 1. The molecule has 0 aliphatic rings. The standard InChI is InChI=1S/C25H31N3O2/c1-4-11-23-21(17-26-22-14-9-7-12-19(22)6-3)25(29)28(27-23)18-20-13-8-10-15-24(20)30-16-5-2/h7-10,12-15,17,27H,4-6,11,16,18H2,1-3H3. The first-order chi connectivity index (χ1) is 14.7. The van der Waals surface area contributed by atoms with Crippen molar-refractivity contribution in [3.05, 3.63) is 81.3 Å². The predicted octanol–water partition coefficient (Wildman–Crippen LogP) is 5.28. The molecule has 0 radical (unpaired) electrons. The molecule has 158 valence electrons. The Morgan fingerprint density at radius 2 is 1.73 bits per heavy atom. The molecule has 0 amide bonds. The normalized spacial score (nSPS) is 11.3. The molecular formula is C25H31N3O2. The first-order valence-corrected chi connectivity index (χ1v) is 10.8. The SMILES string of the molecule is CCCOc1ccccc1Cn1[nH]c(CCC)c(C=Nc2ccccc2CC)c1=O. The third-order valence-electron chi connectivity index (χ3n) is 5.04. The molecule has 0 unspecified atom stereocenters. The van der Waals surface area contributed by atoms with E-state index in [1.165, 1.54) is 5.56 Å². The second-order valence-corrected chi connectivity index (χ2v) is 7.34. The van der Waals surface area contributed by atoms with Gasteiger partial charge < -0.3 is 4.74 Å². The van der Waals surface area contributed by atoms with E-state index >= 15 is 0 Å². The lowest BCUT2D eigenvalue weighted by Crippen LogP contribution is -2.20. The number of nitrogens with one attached hydrogen (secondary N) is 1. The Labute approximate surface area is 178 Å². The van der Waals surface area contributed by atoms with Gasteiger partial charge in [0.1, 0.15) is 5.75 Å². The highest BCUT2D eigenvalue weighted by Gasteiger charge is 2.14. The van der Waals surface area contributed by atoms with E-state index in [9.17, 15) is 4.79 Å². The van der Waals surface area contributed by atoms with Gasteiger partial charge in [0.2, 0.25) is 0 Å². The Bertz CT molecular complexity index is 1050. The van der Waals surface area contributed by atoms with Crippen molar-refractivity contribution in [3.8, 4) is 5.75 Å². The molecule has 3 aromatic rings. The van der Waals surface area contributed by atoms with E-state index < -0.39 is 0 Å². The van der Waals surface area contributed by atoms with Gasteiger partial charge in [0, 0.05) is 17.5 Å². The Balaban J connectivity index is 1.93. The summed E-state index contributed by atoms with van der Waals surface area (Å²) in [6.07, 6.45) is 5.31. The third-order valence-corrected chi connectivity index (χ3v) is 5.04. The lowest BCUT2D eigenvalue weighted by Gasteiger charge is -2.11. The lowest BCUT2D eigenvalue weighted by atomic mass is 10.1. The third kappa shape index (κ3) is 5.09. The van der Waals surface area contributed by atoms with Crippen LogP contribution in [-0.4, -0.2) is 22.6 Å². The van der Waals surface area contributed by atoms with Crippen LogP contribution in [0, 0.1) is 0 Å². The van der Waals surface area contributed by atoms with Gasteiger partial charge in [-0.05, 0) is 37.0 Å². The van der Waals surface area contributed by atoms with E-state index in [0.717, 1.165) is 48.4 Å². The number of aromatic amines is 1. The smallest absolute Gasteiger partial charge is 0.275 e. The van der Waals surface area contributed by atoms with Gasteiger partial charge >= 0.3 is 0 Å². The molecule has 0 bridgehead atoms. The number of para-hydroxylation sites is 2. The summed E-state index contributed by atoms with van der Waals surface area (Å²) in [6, 6.07) is 15.9. The molecule has 2 aromatic carbocycles. The monoisotopic (exact) mass is 405 g/mol. The van der Waals surface area contributed by atoms with Gasteiger partial charge in [0.25, 0.3) is 5.56 Å². The zero-order chi connectivity index (χ0) is 21.3. The fraction of sp³-hybridized carbons (Fsp3) is 0.360. The molecular weight excluding hydrogens is 374 g/mol. The number of hydrogen-bond acceptors (Lipinski definition) is 3. The number of aryl methyl sites for hydroxylation is 2. The molecule has 1 aromatic heterocycles.